The zero-order valence-electron chi connectivity index (χ0n) is 11.8. The Bertz CT molecular complexity index is 613. The van der Waals surface area contributed by atoms with Crippen molar-refractivity contribution < 1.29 is 19.5 Å². The molecule has 3 rings (SSSR count). The number of carboxylic acid groups (broad SMARTS) is 1. The largest absolute Gasteiger partial charge is 0.478 e. The number of carboxylic acids is 1. The first-order valence-corrected chi connectivity index (χ1v) is 7.23. The van der Waals surface area contributed by atoms with E-state index in [1.165, 1.54) is 11.0 Å². The van der Waals surface area contributed by atoms with E-state index in [1.807, 2.05) is 0 Å². The standard InChI is InChI=1S/C16H17NO4/c1-9-10(16(20)21)7-4-8-13(9)17-14(18)11-5-2-3-6-12(11)15(17)19/h4,7-8,11-12H,2-3,5-6H2,1H3,(H,20,21)/t11-,12+. The summed E-state index contributed by atoms with van der Waals surface area (Å²) in [6, 6.07) is 4.71. The molecule has 1 saturated carbocycles. The molecular formula is C16H17NO4. The first kappa shape index (κ1) is 13.8. The molecule has 2 amide bonds. The Morgan fingerprint density at radius 1 is 1.14 bits per heavy atom. The molecule has 1 N–H and O–H groups in total. The summed E-state index contributed by atoms with van der Waals surface area (Å²) < 4.78 is 0. The number of carbonyl (C=O) groups is 3. The molecule has 21 heavy (non-hydrogen) atoms. The highest BCUT2D eigenvalue weighted by Crippen LogP contribution is 2.41. The average Bonchev–Trinajstić information content (AvgIpc) is 2.72. The van der Waals surface area contributed by atoms with Crippen LogP contribution >= 0.6 is 0 Å². The lowest BCUT2D eigenvalue weighted by molar-refractivity contribution is -0.122. The lowest BCUT2D eigenvalue weighted by Gasteiger charge is -2.19. The first-order valence-electron chi connectivity index (χ1n) is 7.23. The minimum Gasteiger partial charge on any atom is -0.478 e. The van der Waals surface area contributed by atoms with Crippen LogP contribution in [0, 0.1) is 18.8 Å². The third kappa shape index (κ3) is 2.04. The summed E-state index contributed by atoms with van der Waals surface area (Å²) in [4.78, 5) is 37.5. The third-order valence-corrected chi connectivity index (χ3v) is 4.62. The maximum absolute atomic E-state index is 12.5. The molecule has 1 aliphatic carbocycles. The summed E-state index contributed by atoms with van der Waals surface area (Å²) in [7, 11) is 0. The molecule has 5 nitrogen and oxygen atoms in total. The Morgan fingerprint density at radius 2 is 1.71 bits per heavy atom. The molecule has 1 saturated heterocycles. The van der Waals surface area contributed by atoms with Crippen LogP contribution in [0.4, 0.5) is 5.69 Å². The molecule has 0 radical (unpaired) electrons. The van der Waals surface area contributed by atoms with Crippen LogP contribution < -0.4 is 4.90 Å². The summed E-state index contributed by atoms with van der Waals surface area (Å²) in [5, 5.41) is 9.18. The van der Waals surface area contributed by atoms with Crippen LogP contribution in [0.5, 0.6) is 0 Å². The zero-order chi connectivity index (χ0) is 15.1. The van der Waals surface area contributed by atoms with Crippen LogP contribution in [-0.2, 0) is 9.59 Å². The molecule has 2 atom stereocenters. The van der Waals surface area contributed by atoms with Crippen molar-refractivity contribution in [1.29, 1.82) is 0 Å². The number of carbonyl (C=O) groups excluding carboxylic acids is 2. The van der Waals surface area contributed by atoms with Gasteiger partial charge in [-0.1, -0.05) is 18.9 Å². The monoisotopic (exact) mass is 287 g/mol. The number of imide groups is 1. The molecular weight excluding hydrogens is 270 g/mol. The second kappa shape index (κ2) is 4.98. The van der Waals surface area contributed by atoms with E-state index >= 15 is 0 Å². The fraction of sp³-hybridized carbons (Fsp3) is 0.438. The minimum atomic E-state index is -1.05. The lowest BCUT2D eigenvalue weighted by Crippen LogP contribution is -2.31. The van der Waals surface area contributed by atoms with Crippen LogP contribution in [0.1, 0.15) is 41.6 Å². The number of benzene rings is 1. The van der Waals surface area contributed by atoms with Gasteiger partial charge in [-0.05, 0) is 37.5 Å². The number of amides is 2. The van der Waals surface area contributed by atoms with Crippen molar-refractivity contribution in [1.82, 2.24) is 0 Å². The van der Waals surface area contributed by atoms with Crippen molar-refractivity contribution >= 4 is 23.5 Å². The Kier molecular flexibility index (Phi) is 3.27. The first-order chi connectivity index (χ1) is 10.0. The van der Waals surface area contributed by atoms with Gasteiger partial charge >= 0.3 is 5.97 Å². The molecule has 0 aromatic heterocycles. The summed E-state index contributed by atoms with van der Waals surface area (Å²) in [5.41, 5.74) is 1.01. The highest BCUT2D eigenvalue weighted by molar-refractivity contribution is 6.22. The Morgan fingerprint density at radius 3 is 2.24 bits per heavy atom. The average molecular weight is 287 g/mol. The lowest BCUT2D eigenvalue weighted by atomic mass is 9.81. The highest BCUT2D eigenvalue weighted by Gasteiger charge is 2.49. The molecule has 1 aliphatic heterocycles. The van der Waals surface area contributed by atoms with Gasteiger partial charge < -0.3 is 5.11 Å². The second-order valence-corrected chi connectivity index (χ2v) is 5.76. The van der Waals surface area contributed by atoms with Gasteiger partial charge in [0.05, 0.1) is 23.1 Å². The molecule has 0 unspecified atom stereocenters. The molecule has 110 valence electrons. The number of aromatic carboxylic acids is 1. The van der Waals surface area contributed by atoms with Crippen molar-refractivity contribution in [3.05, 3.63) is 29.3 Å². The van der Waals surface area contributed by atoms with Crippen molar-refractivity contribution in [3.8, 4) is 0 Å². The van der Waals surface area contributed by atoms with E-state index < -0.39 is 5.97 Å². The van der Waals surface area contributed by atoms with Gasteiger partial charge in [0.2, 0.25) is 11.8 Å². The smallest absolute Gasteiger partial charge is 0.336 e. The molecule has 2 aliphatic rings. The number of nitrogens with zero attached hydrogens (tertiary/aromatic N) is 1. The molecule has 1 aromatic rings. The van der Waals surface area contributed by atoms with Crippen molar-refractivity contribution in [2.24, 2.45) is 11.8 Å². The van der Waals surface area contributed by atoms with E-state index in [-0.39, 0.29) is 29.2 Å². The molecule has 0 bridgehead atoms. The van der Waals surface area contributed by atoms with Crippen LogP contribution in [0.2, 0.25) is 0 Å². The number of rotatable bonds is 2. The third-order valence-electron chi connectivity index (χ3n) is 4.62. The van der Waals surface area contributed by atoms with Gasteiger partial charge in [0.15, 0.2) is 0 Å². The maximum Gasteiger partial charge on any atom is 0.336 e. The van der Waals surface area contributed by atoms with Crippen molar-refractivity contribution in [2.75, 3.05) is 4.90 Å². The van der Waals surface area contributed by atoms with Crippen LogP contribution in [-0.4, -0.2) is 22.9 Å². The molecule has 0 spiro atoms. The topological polar surface area (TPSA) is 74.7 Å². The Hall–Kier alpha value is -2.17. The predicted molar refractivity (Wildman–Crippen MR) is 76.1 cm³/mol. The number of anilines is 1. The van der Waals surface area contributed by atoms with Crippen molar-refractivity contribution in [2.45, 2.75) is 32.6 Å². The summed E-state index contributed by atoms with van der Waals surface area (Å²) in [5.74, 6) is -1.84. The van der Waals surface area contributed by atoms with Gasteiger partial charge in [-0.3, -0.25) is 9.59 Å². The second-order valence-electron chi connectivity index (χ2n) is 5.76. The Labute approximate surface area is 122 Å². The minimum absolute atomic E-state index is 0.128. The van der Waals surface area contributed by atoms with Gasteiger partial charge in [-0.15, -0.1) is 0 Å². The van der Waals surface area contributed by atoms with E-state index in [0.717, 1.165) is 25.7 Å². The van der Waals surface area contributed by atoms with E-state index in [1.54, 1.807) is 19.1 Å². The molecule has 5 heteroatoms. The van der Waals surface area contributed by atoms with Gasteiger partial charge in [-0.25, -0.2) is 9.69 Å². The van der Waals surface area contributed by atoms with E-state index in [9.17, 15) is 19.5 Å². The number of hydrogen-bond donors (Lipinski definition) is 1. The van der Waals surface area contributed by atoms with E-state index in [2.05, 4.69) is 0 Å². The maximum atomic E-state index is 12.5. The normalized spacial score (nSPS) is 25.1. The molecule has 1 heterocycles. The molecule has 2 fully saturated rings. The van der Waals surface area contributed by atoms with Gasteiger partial charge in [0.1, 0.15) is 0 Å². The van der Waals surface area contributed by atoms with Gasteiger partial charge in [0.25, 0.3) is 0 Å². The quantitative estimate of drug-likeness (QED) is 0.847. The Balaban J connectivity index is 2.04. The van der Waals surface area contributed by atoms with E-state index in [4.69, 9.17) is 0 Å². The van der Waals surface area contributed by atoms with Crippen LogP contribution in [0.25, 0.3) is 0 Å². The van der Waals surface area contributed by atoms with E-state index in [0.29, 0.717) is 11.3 Å². The fourth-order valence-corrected chi connectivity index (χ4v) is 3.50. The highest BCUT2D eigenvalue weighted by atomic mass is 16.4. The van der Waals surface area contributed by atoms with Crippen molar-refractivity contribution in [3.63, 3.8) is 0 Å². The molecule has 1 aromatic carbocycles. The zero-order valence-corrected chi connectivity index (χ0v) is 11.8. The van der Waals surface area contributed by atoms with Gasteiger partial charge in [0, 0.05) is 0 Å². The summed E-state index contributed by atoms with van der Waals surface area (Å²) >= 11 is 0. The summed E-state index contributed by atoms with van der Waals surface area (Å²) in [6.45, 7) is 1.64. The predicted octanol–water partition coefficient (Wildman–Crippen LogP) is 2.37. The SMILES string of the molecule is Cc1c(C(=O)O)cccc1N1C(=O)[C@H]2CCCC[C@H]2C1=O. The number of fused-ring (bicyclic) bond motifs is 1. The number of hydrogen-bond acceptors (Lipinski definition) is 3. The van der Waals surface area contributed by atoms with Crippen LogP contribution in [0.3, 0.4) is 0 Å². The summed E-state index contributed by atoms with van der Waals surface area (Å²) in [6.07, 6.45) is 3.46. The fourth-order valence-electron chi connectivity index (χ4n) is 3.50. The van der Waals surface area contributed by atoms with Crippen LogP contribution in [0.15, 0.2) is 18.2 Å². The van der Waals surface area contributed by atoms with Gasteiger partial charge in [-0.2, -0.15) is 0 Å².